The van der Waals surface area contributed by atoms with Crippen LogP contribution in [0.2, 0.25) is 0 Å². The van der Waals surface area contributed by atoms with Gasteiger partial charge in [-0.05, 0) is 44.2 Å². The first kappa shape index (κ1) is 18.3. The minimum Gasteiger partial charge on any atom is -0.492 e. The third kappa shape index (κ3) is 2.79. The minimum atomic E-state index is -3.89. The van der Waals surface area contributed by atoms with Gasteiger partial charge in [-0.3, -0.25) is 9.52 Å². The van der Waals surface area contributed by atoms with Crippen molar-refractivity contribution in [2.24, 2.45) is 0 Å². The van der Waals surface area contributed by atoms with Crippen molar-refractivity contribution in [3.63, 3.8) is 0 Å². The van der Waals surface area contributed by atoms with Crippen molar-refractivity contribution in [1.29, 1.82) is 0 Å². The van der Waals surface area contributed by atoms with Crippen molar-refractivity contribution < 1.29 is 17.9 Å². The second-order valence-electron chi connectivity index (χ2n) is 6.40. The highest BCUT2D eigenvalue weighted by molar-refractivity contribution is 7.93. The Hall–Kier alpha value is -3.06. The molecule has 0 aromatic heterocycles. The van der Waals surface area contributed by atoms with Gasteiger partial charge in [0.05, 0.1) is 22.9 Å². The topological polar surface area (TPSA) is 75.7 Å². The Labute approximate surface area is 163 Å². The quantitative estimate of drug-likeness (QED) is 0.683. The molecule has 144 valence electrons. The molecule has 0 bridgehead atoms. The van der Waals surface area contributed by atoms with Crippen LogP contribution in [-0.4, -0.2) is 27.5 Å². The maximum atomic E-state index is 13.2. The molecule has 0 atom stereocenters. The van der Waals surface area contributed by atoms with Gasteiger partial charge in [0.2, 0.25) is 0 Å². The fraction of sp³-hybridized carbons (Fsp3) is 0.190. The first-order chi connectivity index (χ1) is 13.5. The van der Waals surface area contributed by atoms with E-state index in [1.807, 2.05) is 13.8 Å². The molecule has 7 heteroatoms. The van der Waals surface area contributed by atoms with Crippen LogP contribution >= 0.6 is 0 Å². The Morgan fingerprint density at radius 2 is 1.79 bits per heavy atom. The first-order valence-corrected chi connectivity index (χ1v) is 10.6. The van der Waals surface area contributed by atoms with E-state index in [2.05, 4.69) is 4.72 Å². The Balaban J connectivity index is 1.85. The Kier molecular flexibility index (Phi) is 4.47. The molecular weight excluding hydrogens is 376 g/mol. The van der Waals surface area contributed by atoms with Crippen LogP contribution < -0.4 is 14.4 Å². The van der Waals surface area contributed by atoms with E-state index >= 15 is 0 Å². The third-order valence-corrected chi connectivity index (χ3v) is 6.21. The van der Waals surface area contributed by atoms with Gasteiger partial charge in [0.25, 0.3) is 15.9 Å². The van der Waals surface area contributed by atoms with E-state index in [1.165, 1.54) is 0 Å². The summed E-state index contributed by atoms with van der Waals surface area (Å²) in [5.41, 5.74) is 1.65. The second kappa shape index (κ2) is 6.83. The number of nitrogens with zero attached hydrogens (tertiary/aromatic N) is 1. The van der Waals surface area contributed by atoms with E-state index < -0.39 is 10.0 Å². The molecule has 0 saturated heterocycles. The molecule has 6 nitrogen and oxygen atoms in total. The van der Waals surface area contributed by atoms with Gasteiger partial charge in [-0.2, -0.15) is 0 Å². The van der Waals surface area contributed by atoms with E-state index in [9.17, 15) is 13.2 Å². The van der Waals surface area contributed by atoms with Gasteiger partial charge in [0, 0.05) is 22.9 Å². The van der Waals surface area contributed by atoms with E-state index in [-0.39, 0.29) is 10.8 Å². The number of carbonyl (C=O) groups excluding carboxylic acids is 1. The van der Waals surface area contributed by atoms with E-state index in [0.717, 1.165) is 5.69 Å². The normalized spacial score (nSPS) is 13.2. The molecule has 0 aliphatic carbocycles. The van der Waals surface area contributed by atoms with Gasteiger partial charge in [0.1, 0.15) is 5.75 Å². The summed E-state index contributed by atoms with van der Waals surface area (Å²) >= 11 is 0. The number of anilines is 2. The molecule has 1 N–H and O–H groups in total. The summed E-state index contributed by atoms with van der Waals surface area (Å²) in [6, 6.07) is 15.3. The molecule has 3 aromatic carbocycles. The largest absolute Gasteiger partial charge is 0.492 e. The van der Waals surface area contributed by atoms with Gasteiger partial charge in [-0.25, -0.2) is 8.42 Å². The van der Waals surface area contributed by atoms with Crippen LogP contribution in [0.15, 0.2) is 59.5 Å². The summed E-state index contributed by atoms with van der Waals surface area (Å²) in [6.07, 6.45) is 0. The highest BCUT2D eigenvalue weighted by Gasteiger charge is 2.31. The number of nitrogens with one attached hydrogen (secondary N) is 1. The van der Waals surface area contributed by atoms with E-state index in [0.29, 0.717) is 40.9 Å². The third-order valence-electron chi connectivity index (χ3n) is 4.78. The molecule has 28 heavy (non-hydrogen) atoms. The van der Waals surface area contributed by atoms with Crippen molar-refractivity contribution in [2.45, 2.75) is 18.7 Å². The Morgan fingerprint density at radius 3 is 2.54 bits per heavy atom. The molecule has 1 amide bonds. The van der Waals surface area contributed by atoms with Crippen LogP contribution in [0.4, 0.5) is 11.4 Å². The lowest BCUT2D eigenvalue weighted by atomic mass is 10.1. The van der Waals surface area contributed by atoms with E-state index in [4.69, 9.17) is 4.74 Å². The number of amides is 1. The monoisotopic (exact) mass is 396 g/mol. The zero-order chi connectivity index (χ0) is 19.9. The predicted molar refractivity (Wildman–Crippen MR) is 110 cm³/mol. The summed E-state index contributed by atoms with van der Waals surface area (Å²) in [5.74, 6) is 0.360. The van der Waals surface area contributed by atoms with Crippen LogP contribution in [-0.2, 0) is 10.0 Å². The average molecular weight is 396 g/mol. The molecule has 4 rings (SSSR count). The number of carbonyl (C=O) groups is 1. The Bertz CT molecular complexity index is 1190. The van der Waals surface area contributed by atoms with Gasteiger partial charge in [0.15, 0.2) is 0 Å². The number of ether oxygens (including phenoxy) is 1. The van der Waals surface area contributed by atoms with Crippen LogP contribution in [0, 0.1) is 0 Å². The summed E-state index contributed by atoms with van der Waals surface area (Å²) < 4.78 is 34.5. The molecule has 0 spiro atoms. The maximum absolute atomic E-state index is 13.2. The zero-order valence-corrected chi connectivity index (χ0v) is 16.4. The number of rotatable bonds is 6. The molecule has 1 aliphatic rings. The van der Waals surface area contributed by atoms with Crippen molar-refractivity contribution in [3.8, 4) is 5.75 Å². The summed E-state index contributed by atoms with van der Waals surface area (Å²) in [6.45, 7) is 4.68. The maximum Gasteiger partial charge on any atom is 0.262 e. The smallest absolute Gasteiger partial charge is 0.262 e. The van der Waals surface area contributed by atoms with Gasteiger partial charge >= 0.3 is 0 Å². The number of benzene rings is 3. The molecule has 0 saturated carbocycles. The molecule has 0 unspecified atom stereocenters. The standard InChI is InChI=1S/C21H20N2O4S/c1-3-23-17-12-13-19(14-8-7-9-15(20(14)17)21(23)24)28(25,26)22-16-10-5-6-11-18(16)27-4-2/h5-13,22H,3-4H2,1-2H3. The number of sulfonamides is 1. The molecule has 0 radical (unpaired) electrons. The summed E-state index contributed by atoms with van der Waals surface area (Å²) in [5, 5.41) is 1.20. The molecule has 3 aromatic rings. The fourth-order valence-electron chi connectivity index (χ4n) is 3.60. The average Bonchev–Trinajstić information content (AvgIpc) is 2.96. The van der Waals surface area contributed by atoms with Crippen molar-refractivity contribution in [3.05, 3.63) is 60.2 Å². The second-order valence-corrected chi connectivity index (χ2v) is 8.05. The SMILES string of the molecule is CCOc1ccccc1NS(=O)(=O)c1ccc2c3c(cccc13)C(=O)N2CC. The molecule has 0 fully saturated rings. The number of hydrogen-bond acceptors (Lipinski definition) is 4. The predicted octanol–water partition coefficient (Wildman–Crippen LogP) is 4.02. The van der Waals surface area contributed by atoms with Crippen LogP contribution in [0.25, 0.3) is 10.8 Å². The molecule has 1 heterocycles. The van der Waals surface area contributed by atoms with Crippen molar-refractivity contribution in [1.82, 2.24) is 0 Å². The summed E-state index contributed by atoms with van der Waals surface area (Å²) in [7, 11) is -3.89. The van der Waals surface area contributed by atoms with Crippen molar-refractivity contribution >= 4 is 38.1 Å². The zero-order valence-electron chi connectivity index (χ0n) is 15.6. The van der Waals surface area contributed by atoms with Gasteiger partial charge < -0.3 is 9.64 Å². The number of hydrogen-bond donors (Lipinski definition) is 1. The highest BCUT2D eigenvalue weighted by Crippen LogP contribution is 2.40. The fourth-order valence-corrected chi connectivity index (χ4v) is 4.87. The van der Waals surface area contributed by atoms with Crippen molar-refractivity contribution in [2.75, 3.05) is 22.8 Å². The first-order valence-electron chi connectivity index (χ1n) is 9.10. The lowest BCUT2D eigenvalue weighted by Gasteiger charge is -2.16. The summed E-state index contributed by atoms with van der Waals surface area (Å²) in [4.78, 5) is 14.4. The van der Waals surface area contributed by atoms with Gasteiger partial charge in [-0.15, -0.1) is 0 Å². The lowest BCUT2D eigenvalue weighted by molar-refractivity contribution is 0.0994. The minimum absolute atomic E-state index is 0.104. The van der Waals surface area contributed by atoms with Crippen LogP contribution in [0.1, 0.15) is 24.2 Å². The Morgan fingerprint density at radius 1 is 1.00 bits per heavy atom. The molecule has 1 aliphatic heterocycles. The van der Waals surface area contributed by atoms with Crippen LogP contribution in [0.3, 0.4) is 0 Å². The lowest BCUT2D eigenvalue weighted by Crippen LogP contribution is -2.25. The number of para-hydroxylation sites is 2. The van der Waals surface area contributed by atoms with Gasteiger partial charge in [-0.1, -0.05) is 24.3 Å². The van der Waals surface area contributed by atoms with Crippen LogP contribution in [0.5, 0.6) is 5.75 Å². The van der Waals surface area contributed by atoms with E-state index in [1.54, 1.807) is 59.5 Å². The highest BCUT2D eigenvalue weighted by atomic mass is 32.2. The molecular formula is C21H20N2O4S.